The maximum absolute atomic E-state index is 13.6. The molecule has 0 radical (unpaired) electrons. The van der Waals surface area contributed by atoms with Crippen LogP contribution in [0, 0.1) is 24.1 Å². The van der Waals surface area contributed by atoms with Crippen LogP contribution in [0.2, 0.25) is 19.6 Å². The van der Waals surface area contributed by atoms with E-state index in [9.17, 15) is 4.39 Å². The molecule has 0 atom stereocenters. The van der Waals surface area contributed by atoms with Crippen LogP contribution >= 0.6 is 0 Å². The monoisotopic (exact) mass is 207 g/mol. The van der Waals surface area contributed by atoms with Crippen LogP contribution in [0.1, 0.15) is 11.1 Å². The van der Waals surface area contributed by atoms with Crippen molar-refractivity contribution in [2.24, 2.45) is 0 Å². The fraction of sp³-hybridized carbons (Fsp3) is 0.364. The molecule has 0 spiro atoms. The molecule has 1 nitrogen and oxygen atoms in total. The summed E-state index contributed by atoms with van der Waals surface area (Å²) in [5, 5.41) is 9.65. The lowest BCUT2D eigenvalue weighted by Crippen LogP contribution is -2.42. The molecule has 0 fully saturated rings. The number of nitrogens with zero attached hydrogens (tertiary/aromatic N) is 1. The molecule has 0 N–H and O–H groups in total. The van der Waals surface area contributed by atoms with Crippen molar-refractivity contribution in [3.8, 4) is 6.07 Å². The van der Waals surface area contributed by atoms with Gasteiger partial charge in [0.1, 0.15) is 5.82 Å². The van der Waals surface area contributed by atoms with E-state index in [1.54, 1.807) is 6.07 Å². The molecule has 0 saturated heterocycles. The number of nitriles is 1. The Morgan fingerprint density at radius 2 is 1.86 bits per heavy atom. The van der Waals surface area contributed by atoms with E-state index in [0.29, 0.717) is 10.8 Å². The molecule has 0 aliphatic carbocycles. The van der Waals surface area contributed by atoms with E-state index in [4.69, 9.17) is 5.26 Å². The lowest BCUT2D eigenvalue weighted by Gasteiger charge is -2.20. The first-order valence-corrected chi connectivity index (χ1v) is 8.07. The molecule has 0 heterocycles. The van der Waals surface area contributed by atoms with Crippen LogP contribution in [0.25, 0.3) is 0 Å². The Morgan fingerprint density at radius 1 is 1.29 bits per heavy atom. The first-order valence-electron chi connectivity index (χ1n) is 4.57. The lowest BCUT2D eigenvalue weighted by molar-refractivity contribution is 0.634. The predicted molar refractivity (Wildman–Crippen MR) is 58.8 cm³/mol. The molecule has 74 valence electrons. The Kier molecular flexibility index (Phi) is 2.77. The van der Waals surface area contributed by atoms with Crippen LogP contribution in [-0.2, 0) is 0 Å². The van der Waals surface area contributed by atoms with Crippen molar-refractivity contribution < 1.29 is 4.39 Å². The Labute approximate surface area is 85.2 Å². The highest BCUT2D eigenvalue weighted by Crippen LogP contribution is 2.13. The quantitative estimate of drug-likeness (QED) is 0.649. The van der Waals surface area contributed by atoms with E-state index < -0.39 is 8.07 Å². The van der Waals surface area contributed by atoms with E-state index in [1.807, 2.05) is 26.6 Å². The lowest BCUT2D eigenvalue weighted by atomic mass is 10.1. The molecule has 0 saturated carbocycles. The standard InChI is InChI=1S/C11H14FNSi/c1-8-5-6-10(12)11(9(8)7-13)14(2,3)4/h5-6H,1-4H3. The van der Waals surface area contributed by atoms with Crippen LogP contribution in [0.5, 0.6) is 0 Å². The maximum Gasteiger partial charge on any atom is 0.123 e. The van der Waals surface area contributed by atoms with Crippen molar-refractivity contribution >= 4 is 13.3 Å². The molecule has 1 aromatic rings. The van der Waals surface area contributed by atoms with Crippen molar-refractivity contribution in [3.63, 3.8) is 0 Å². The molecule has 1 aromatic carbocycles. The summed E-state index contributed by atoms with van der Waals surface area (Å²) in [6.45, 7) is 7.99. The van der Waals surface area contributed by atoms with Crippen molar-refractivity contribution in [3.05, 3.63) is 29.1 Å². The second-order valence-electron chi connectivity index (χ2n) is 4.48. The molecule has 1 rings (SSSR count). The zero-order chi connectivity index (χ0) is 10.9. The minimum atomic E-state index is -1.77. The topological polar surface area (TPSA) is 23.8 Å². The second-order valence-corrected chi connectivity index (χ2v) is 9.48. The molecule has 14 heavy (non-hydrogen) atoms. The van der Waals surface area contributed by atoms with Gasteiger partial charge in [0, 0.05) is 0 Å². The van der Waals surface area contributed by atoms with Gasteiger partial charge in [-0.1, -0.05) is 25.7 Å². The highest BCUT2D eigenvalue weighted by molar-refractivity contribution is 6.89. The van der Waals surface area contributed by atoms with Gasteiger partial charge in [0.25, 0.3) is 0 Å². The van der Waals surface area contributed by atoms with E-state index in [1.165, 1.54) is 6.07 Å². The van der Waals surface area contributed by atoms with Gasteiger partial charge in [0.2, 0.25) is 0 Å². The third-order valence-corrected chi connectivity index (χ3v) is 4.21. The summed E-state index contributed by atoms with van der Waals surface area (Å²) in [6, 6.07) is 5.23. The largest absolute Gasteiger partial charge is 0.207 e. The normalized spacial score (nSPS) is 11.1. The zero-order valence-corrected chi connectivity index (χ0v) is 9.98. The van der Waals surface area contributed by atoms with Crippen molar-refractivity contribution in [1.29, 1.82) is 5.26 Å². The summed E-state index contributed by atoms with van der Waals surface area (Å²) < 4.78 is 13.6. The molecule has 0 aromatic heterocycles. The summed E-state index contributed by atoms with van der Waals surface area (Å²) in [7, 11) is -1.77. The first-order chi connectivity index (χ1) is 6.38. The number of hydrogen-bond donors (Lipinski definition) is 0. The predicted octanol–water partition coefficient (Wildman–Crippen LogP) is 2.55. The number of aryl methyl sites for hydroxylation is 1. The van der Waals surface area contributed by atoms with Crippen molar-refractivity contribution in [2.75, 3.05) is 0 Å². The average Bonchev–Trinajstić information content (AvgIpc) is 2.06. The fourth-order valence-corrected chi connectivity index (χ4v) is 3.36. The summed E-state index contributed by atoms with van der Waals surface area (Å²) >= 11 is 0. The van der Waals surface area contributed by atoms with Crippen LogP contribution in [0.4, 0.5) is 4.39 Å². The van der Waals surface area contributed by atoms with Gasteiger partial charge < -0.3 is 0 Å². The minimum Gasteiger partial charge on any atom is -0.207 e. The molecule has 0 unspecified atom stereocenters. The van der Waals surface area contributed by atoms with Crippen LogP contribution in [-0.4, -0.2) is 8.07 Å². The van der Waals surface area contributed by atoms with E-state index in [2.05, 4.69) is 6.07 Å². The summed E-state index contributed by atoms with van der Waals surface area (Å²) in [5.74, 6) is -0.230. The van der Waals surface area contributed by atoms with Crippen molar-refractivity contribution in [2.45, 2.75) is 26.6 Å². The molecular formula is C11H14FNSi. The Balaban J connectivity index is 3.56. The van der Waals surface area contributed by atoms with Gasteiger partial charge in [-0.15, -0.1) is 0 Å². The Hall–Kier alpha value is -1.14. The highest BCUT2D eigenvalue weighted by atomic mass is 28.3. The van der Waals surface area contributed by atoms with Gasteiger partial charge in [0.05, 0.1) is 19.7 Å². The minimum absolute atomic E-state index is 0.230. The highest BCUT2D eigenvalue weighted by Gasteiger charge is 2.25. The first kappa shape index (κ1) is 10.9. The van der Waals surface area contributed by atoms with Gasteiger partial charge >= 0.3 is 0 Å². The number of benzene rings is 1. The Bertz CT molecular complexity index is 399. The Morgan fingerprint density at radius 3 is 2.21 bits per heavy atom. The number of rotatable bonds is 1. The smallest absolute Gasteiger partial charge is 0.123 e. The van der Waals surface area contributed by atoms with Crippen molar-refractivity contribution in [1.82, 2.24) is 0 Å². The van der Waals surface area contributed by atoms with Gasteiger partial charge in [-0.25, -0.2) is 4.39 Å². The van der Waals surface area contributed by atoms with Crippen LogP contribution < -0.4 is 5.19 Å². The van der Waals surface area contributed by atoms with Gasteiger partial charge in [0.15, 0.2) is 0 Å². The van der Waals surface area contributed by atoms with E-state index >= 15 is 0 Å². The average molecular weight is 207 g/mol. The fourth-order valence-electron chi connectivity index (χ4n) is 1.56. The summed E-state index contributed by atoms with van der Waals surface area (Å²) in [6.07, 6.45) is 0. The van der Waals surface area contributed by atoms with Gasteiger partial charge in [-0.2, -0.15) is 5.26 Å². The zero-order valence-electron chi connectivity index (χ0n) is 8.98. The van der Waals surface area contributed by atoms with Crippen LogP contribution in [0.3, 0.4) is 0 Å². The number of hydrogen-bond acceptors (Lipinski definition) is 1. The molecule has 0 aliphatic rings. The summed E-state index contributed by atoms with van der Waals surface area (Å²) in [5.41, 5.74) is 1.40. The second kappa shape index (κ2) is 3.54. The molecule has 0 bridgehead atoms. The third-order valence-electron chi connectivity index (χ3n) is 2.22. The van der Waals surface area contributed by atoms with E-state index in [0.717, 1.165) is 5.56 Å². The van der Waals surface area contributed by atoms with Crippen LogP contribution in [0.15, 0.2) is 12.1 Å². The van der Waals surface area contributed by atoms with Gasteiger partial charge in [-0.05, 0) is 23.7 Å². The third kappa shape index (κ3) is 1.85. The number of halogens is 1. The molecule has 0 aliphatic heterocycles. The SMILES string of the molecule is Cc1ccc(F)c([Si](C)(C)C)c1C#N. The maximum atomic E-state index is 13.6. The molecule has 3 heteroatoms. The summed E-state index contributed by atoms with van der Waals surface area (Å²) in [4.78, 5) is 0. The molecule has 0 amide bonds. The van der Waals surface area contributed by atoms with E-state index in [-0.39, 0.29) is 5.82 Å². The molecular weight excluding hydrogens is 193 g/mol. The van der Waals surface area contributed by atoms with Gasteiger partial charge in [-0.3, -0.25) is 0 Å².